The Kier molecular flexibility index (Phi) is 4.18. The van der Waals surface area contributed by atoms with Crippen LogP contribution in [0.5, 0.6) is 0 Å². The second-order valence-corrected chi connectivity index (χ2v) is 8.45. The first-order chi connectivity index (χ1) is 10.8. The summed E-state index contributed by atoms with van der Waals surface area (Å²) in [5.41, 5.74) is 2.02. The Bertz CT molecular complexity index is 992. The van der Waals surface area contributed by atoms with E-state index in [2.05, 4.69) is 14.8 Å². The van der Waals surface area contributed by atoms with Gasteiger partial charge in [0.1, 0.15) is 5.01 Å². The van der Waals surface area contributed by atoms with Crippen LogP contribution in [0.4, 0.5) is 0 Å². The molecule has 6 nitrogen and oxygen atoms in total. The molecule has 0 fully saturated rings. The minimum absolute atomic E-state index is 0.116. The summed E-state index contributed by atoms with van der Waals surface area (Å²) in [7, 11) is -3.67. The van der Waals surface area contributed by atoms with Gasteiger partial charge in [-0.3, -0.25) is 0 Å². The van der Waals surface area contributed by atoms with Gasteiger partial charge >= 0.3 is 0 Å². The van der Waals surface area contributed by atoms with Crippen LogP contribution in [0.1, 0.15) is 22.0 Å². The van der Waals surface area contributed by atoms with E-state index < -0.39 is 10.0 Å². The Morgan fingerprint density at radius 2 is 2.04 bits per heavy atom. The lowest BCUT2D eigenvalue weighted by molar-refractivity contribution is 0.578. The van der Waals surface area contributed by atoms with Gasteiger partial charge in [0.2, 0.25) is 15.0 Å². The highest BCUT2D eigenvalue weighted by Gasteiger charge is 2.20. The summed E-state index contributed by atoms with van der Waals surface area (Å²) in [5.74, 6) is 0. The van der Waals surface area contributed by atoms with E-state index in [1.807, 2.05) is 13.8 Å². The van der Waals surface area contributed by atoms with E-state index in [0.29, 0.717) is 10.6 Å². The van der Waals surface area contributed by atoms with Crippen molar-refractivity contribution in [3.63, 3.8) is 0 Å². The van der Waals surface area contributed by atoms with Crippen molar-refractivity contribution in [2.75, 3.05) is 0 Å². The summed E-state index contributed by atoms with van der Waals surface area (Å²) in [4.78, 5) is 5.34. The average Bonchev–Trinajstić information content (AvgIpc) is 2.94. The molecule has 0 unspecified atom stereocenters. The van der Waals surface area contributed by atoms with E-state index in [-0.39, 0.29) is 11.4 Å². The third-order valence-corrected chi connectivity index (χ3v) is 6.31. The molecule has 3 rings (SSSR count). The van der Waals surface area contributed by atoms with Gasteiger partial charge in [-0.1, -0.05) is 29.0 Å². The first-order valence-electron chi connectivity index (χ1n) is 6.86. The summed E-state index contributed by atoms with van der Waals surface area (Å²) in [6.07, 6.45) is 0. The molecule has 9 heteroatoms. The standard InChI is InChI=1S/C14H15ClN4O2S2/c1-8-11(15)5-4-6-13(8)23(20,21)16-7-12-9(2)17-14-19(12)18-10(3)22-14/h4-6,16H,7H2,1-3H3. The maximum atomic E-state index is 12.5. The van der Waals surface area contributed by atoms with Crippen LogP contribution in [-0.4, -0.2) is 23.0 Å². The monoisotopic (exact) mass is 370 g/mol. The molecule has 0 aliphatic heterocycles. The van der Waals surface area contributed by atoms with Crippen LogP contribution < -0.4 is 4.72 Å². The van der Waals surface area contributed by atoms with Crippen molar-refractivity contribution >= 4 is 37.9 Å². The second kappa shape index (κ2) is 5.86. The summed E-state index contributed by atoms with van der Waals surface area (Å²) in [5, 5.41) is 5.66. The fourth-order valence-corrected chi connectivity index (χ4v) is 4.60. The number of halogens is 1. The number of benzene rings is 1. The van der Waals surface area contributed by atoms with E-state index in [9.17, 15) is 8.42 Å². The molecule has 0 atom stereocenters. The predicted octanol–water partition coefficient (Wildman–Crippen LogP) is 2.85. The number of sulfonamides is 1. The predicted molar refractivity (Wildman–Crippen MR) is 90.6 cm³/mol. The largest absolute Gasteiger partial charge is 0.241 e. The molecular weight excluding hydrogens is 356 g/mol. The van der Waals surface area contributed by atoms with Crippen LogP contribution in [-0.2, 0) is 16.6 Å². The molecule has 0 radical (unpaired) electrons. The fourth-order valence-electron chi connectivity index (χ4n) is 2.31. The van der Waals surface area contributed by atoms with Crippen molar-refractivity contribution in [3.05, 3.63) is 45.2 Å². The zero-order valence-corrected chi connectivity index (χ0v) is 15.2. The Morgan fingerprint density at radius 1 is 1.30 bits per heavy atom. The summed E-state index contributed by atoms with van der Waals surface area (Å²) in [6, 6.07) is 4.82. The molecule has 23 heavy (non-hydrogen) atoms. The van der Waals surface area contributed by atoms with E-state index >= 15 is 0 Å². The molecule has 1 N–H and O–H groups in total. The van der Waals surface area contributed by atoms with Crippen molar-refractivity contribution in [2.45, 2.75) is 32.2 Å². The number of aromatic nitrogens is 3. The number of nitrogens with one attached hydrogen (secondary N) is 1. The highest BCUT2D eigenvalue weighted by atomic mass is 35.5. The van der Waals surface area contributed by atoms with Gasteiger partial charge in [0.15, 0.2) is 0 Å². The number of nitrogens with zero attached hydrogens (tertiary/aromatic N) is 3. The minimum Gasteiger partial charge on any atom is -0.223 e. The van der Waals surface area contributed by atoms with Gasteiger partial charge in [0.25, 0.3) is 0 Å². The number of imidazole rings is 1. The van der Waals surface area contributed by atoms with E-state index in [1.54, 1.807) is 23.6 Å². The maximum Gasteiger partial charge on any atom is 0.241 e. The molecule has 2 heterocycles. The second-order valence-electron chi connectivity index (χ2n) is 5.15. The number of fused-ring (bicyclic) bond motifs is 1. The molecular formula is C14H15ClN4O2S2. The Hall–Kier alpha value is -1.48. The Balaban J connectivity index is 1.92. The van der Waals surface area contributed by atoms with Gasteiger partial charge in [-0.15, -0.1) is 0 Å². The number of rotatable bonds is 4. The highest BCUT2D eigenvalue weighted by Crippen LogP contribution is 2.23. The molecule has 0 amide bonds. The molecule has 0 aliphatic rings. The average molecular weight is 371 g/mol. The molecule has 3 aromatic rings. The van der Waals surface area contributed by atoms with Gasteiger partial charge in [0, 0.05) is 5.02 Å². The number of aryl methyl sites for hydroxylation is 2. The molecule has 0 aliphatic carbocycles. The molecule has 0 spiro atoms. The zero-order chi connectivity index (χ0) is 16.8. The zero-order valence-electron chi connectivity index (χ0n) is 12.8. The van der Waals surface area contributed by atoms with Crippen molar-refractivity contribution in [2.24, 2.45) is 0 Å². The number of hydrogen-bond donors (Lipinski definition) is 1. The van der Waals surface area contributed by atoms with Crippen LogP contribution in [0, 0.1) is 20.8 Å². The van der Waals surface area contributed by atoms with Crippen molar-refractivity contribution in [3.8, 4) is 0 Å². The molecule has 1 aromatic carbocycles. The third-order valence-electron chi connectivity index (χ3n) is 3.53. The van der Waals surface area contributed by atoms with Crippen molar-refractivity contribution < 1.29 is 8.42 Å². The molecule has 0 saturated carbocycles. The van der Waals surface area contributed by atoms with Gasteiger partial charge in [0.05, 0.1) is 22.8 Å². The molecule has 122 valence electrons. The minimum atomic E-state index is -3.67. The van der Waals surface area contributed by atoms with E-state index in [0.717, 1.165) is 21.4 Å². The first-order valence-corrected chi connectivity index (χ1v) is 9.54. The Labute approximate surface area is 143 Å². The fraction of sp³-hybridized carbons (Fsp3) is 0.286. The lowest BCUT2D eigenvalue weighted by Crippen LogP contribution is -2.25. The smallest absolute Gasteiger partial charge is 0.223 e. The quantitative estimate of drug-likeness (QED) is 0.766. The van der Waals surface area contributed by atoms with Crippen LogP contribution >= 0.6 is 22.9 Å². The normalized spacial score (nSPS) is 12.2. The summed E-state index contributed by atoms with van der Waals surface area (Å²) >= 11 is 7.48. The van der Waals surface area contributed by atoms with Gasteiger partial charge in [-0.2, -0.15) is 5.10 Å². The first kappa shape index (κ1) is 16.4. The highest BCUT2D eigenvalue weighted by molar-refractivity contribution is 7.89. The topological polar surface area (TPSA) is 76.4 Å². The van der Waals surface area contributed by atoms with E-state index in [4.69, 9.17) is 11.6 Å². The van der Waals surface area contributed by atoms with Gasteiger partial charge in [-0.25, -0.2) is 22.6 Å². The maximum absolute atomic E-state index is 12.5. The molecule has 0 bridgehead atoms. The molecule has 2 aromatic heterocycles. The van der Waals surface area contributed by atoms with E-state index in [1.165, 1.54) is 17.4 Å². The third kappa shape index (κ3) is 2.99. The SMILES string of the molecule is Cc1nn2c(CNS(=O)(=O)c3cccc(Cl)c3C)c(C)nc2s1. The van der Waals surface area contributed by atoms with Crippen molar-refractivity contribution in [1.82, 2.24) is 19.3 Å². The van der Waals surface area contributed by atoms with Crippen molar-refractivity contribution in [1.29, 1.82) is 0 Å². The van der Waals surface area contributed by atoms with Gasteiger partial charge < -0.3 is 0 Å². The lowest BCUT2D eigenvalue weighted by atomic mass is 10.2. The van der Waals surface area contributed by atoms with Crippen LogP contribution in [0.25, 0.3) is 4.96 Å². The van der Waals surface area contributed by atoms with Crippen LogP contribution in [0.2, 0.25) is 5.02 Å². The van der Waals surface area contributed by atoms with Gasteiger partial charge in [-0.05, 0) is 38.5 Å². The summed E-state index contributed by atoms with van der Waals surface area (Å²) in [6.45, 7) is 5.52. The van der Waals surface area contributed by atoms with Crippen LogP contribution in [0.15, 0.2) is 23.1 Å². The number of hydrogen-bond acceptors (Lipinski definition) is 5. The molecule has 0 saturated heterocycles. The lowest BCUT2D eigenvalue weighted by Gasteiger charge is -2.10. The van der Waals surface area contributed by atoms with Crippen LogP contribution in [0.3, 0.4) is 0 Å². The Morgan fingerprint density at radius 3 is 2.78 bits per heavy atom. The summed E-state index contributed by atoms with van der Waals surface area (Å²) < 4.78 is 29.4.